The number of hydrogen-bond acceptors (Lipinski definition) is 4. The van der Waals surface area contributed by atoms with E-state index in [0.29, 0.717) is 10.9 Å². The van der Waals surface area contributed by atoms with E-state index in [1.54, 1.807) is 13.8 Å². The molecule has 0 spiro atoms. The van der Waals surface area contributed by atoms with Gasteiger partial charge >= 0.3 is 0 Å². The molecule has 0 amide bonds. The normalized spacial score (nSPS) is 12.7. The minimum Gasteiger partial charge on any atom is -0.390 e. The van der Waals surface area contributed by atoms with Gasteiger partial charge in [0.25, 0.3) is 10.1 Å². The van der Waals surface area contributed by atoms with Crippen LogP contribution in [-0.4, -0.2) is 25.7 Å². The molecule has 1 N–H and O–H groups in total. The number of hydrogen-bond donors (Lipinski definition) is 1. The third kappa shape index (κ3) is 5.18. The summed E-state index contributed by atoms with van der Waals surface area (Å²) in [6.07, 6.45) is 0.161. The van der Waals surface area contributed by atoms with Gasteiger partial charge in [-0.15, -0.1) is 0 Å². The standard InChI is InChI=1S/C12H16BrFO4S/c1-12(2,15)5-6-18-19(16,17)10-4-3-9(8-13)11(14)7-10/h3-4,7,15H,5-6,8H2,1-2H3. The van der Waals surface area contributed by atoms with Crippen LogP contribution in [0, 0.1) is 5.82 Å². The summed E-state index contributed by atoms with van der Waals surface area (Å²) < 4.78 is 41.8. The van der Waals surface area contributed by atoms with Crippen molar-refractivity contribution in [1.82, 2.24) is 0 Å². The highest BCUT2D eigenvalue weighted by atomic mass is 79.9. The predicted molar refractivity (Wildman–Crippen MR) is 73.1 cm³/mol. The van der Waals surface area contributed by atoms with Gasteiger partial charge in [0, 0.05) is 11.8 Å². The zero-order chi connectivity index (χ0) is 14.7. The van der Waals surface area contributed by atoms with Crippen molar-refractivity contribution in [2.75, 3.05) is 6.61 Å². The number of benzene rings is 1. The van der Waals surface area contributed by atoms with Gasteiger partial charge < -0.3 is 5.11 Å². The van der Waals surface area contributed by atoms with Gasteiger partial charge in [0.05, 0.1) is 17.1 Å². The number of aliphatic hydroxyl groups is 1. The minimum absolute atomic E-state index is 0.159. The summed E-state index contributed by atoms with van der Waals surface area (Å²) in [4.78, 5) is -0.231. The predicted octanol–water partition coefficient (Wildman–Crippen LogP) is 2.59. The summed E-state index contributed by atoms with van der Waals surface area (Å²) in [5.74, 6) is -0.607. The molecule has 1 rings (SSSR count). The molecule has 19 heavy (non-hydrogen) atoms. The highest BCUT2D eigenvalue weighted by molar-refractivity contribution is 9.08. The molecular formula is C12H16BrFO4S. The molecule has 0 saturated carbocycles. The maximum absolute atomic E-state index is 13.5. The highest BCUT2D eigenvalue weighted by Crippen LogP contribution is 2.19. The molecule has 0 unspecified atom stereocenters. The van der Waals surface area contributed by atoms with Crippen molar-refractivity contribution in [3.05, 3.63) is 29.6 Å². The number of halogens is 2. The Balaban J connectivity index is 2.80. The second kappa shape index (κ2) is 6.30. The fourth-order valence-electron chi connectivity index (χ4n) is 1.26. The van der Waals surface area contributed by atoms with Gasteiger partial charge in [-0.25, -0.2) is 4.39 Å². The molecule has 0 radical (unpaired) electrons. The van der Waals surface area contributed by atoms with Crippen molar-refractivity contribution in [2.24, 2.45) is 0 Å². The number of rotatable bonds is 6. The third-order valence-electron chi connectivity index (χ3n) is 2.41. The molecule has 0 atom stereocenters. The van der Waals surface area contributed by atoms with Gasteiger partial charge in [-0.05, 0) is 31.5 Å². The van der Waals surface area contributed by atoms with E-state index >= 15 is 0 Å². The summed E-state index contributed by atoms with van der Waals surface area (Å²) in [5.41, 5.74) is -0.643. The Labute approximate surface area is 120 Å². The second-order valence-electron chi connectivity index (χ2n) is 4.73. The van der Waals surface area contributed by atoms with E-state index in [9.17, 15) is 17.9 Å². The van der Waals surface area contributed by atoms with Crippen molar-refractivity contribution < 1.29 is 22.1 Å². The molecule has 0 heterocycles. The van der Waals surface area contributed by atoms with Gasteiger partial charge in [-0.1, -0.05) is 22.0 Å². The SMILES string of the molecule is CC(C)(O)CCOS(=O)(=O)c1ccc(CBr)c(F)c1. The van der Waals surface area contributed by atoms with Crippen LogP contribution in [0.4, 0.5) is 4.39 Å². The van der Waals surface area contributed by atoms with Crippen LogP contribution in [-0.2, 0) is 19.6 Å². The quantitative estimate of drug-likeness (QED) is 0.629. The molecule has 0 aliphatic carbocycles. The Hall–Kier alpha value is -0.500. The van der Waals surface area contributed by atoms with Crippen molar-refractivity contribution in [3.63, 3.8) is 0 Å². The fraction of sp³-hybridized carbons (Fsp3) is 0.500. The summed E-state index contributed by atoms with van der Waals surface area (Å²) >= 11 is 3.10. The van der Waals surface area contributed by atoms with E-state index in [1.165, 1.54) is 12.1 Å². The number of alkyl halides is 1. The maximum atomic E-state index is 13.5. The Kier molecular flexibility index (Phi) is 5.49. The minimum atomic E-state index is -4.00. The fourth-order valence-corrected chi connectivity index (χ4v) is 2.64. The van der Waals surface area contributed by atoms with Crippen LogP contribution < -0.4 is 0 Å². The second-order valence-corrected chi connectivity index (χ2v) is 6.90. The van der Waals surface area contributed by atoms with E-state index in [1.807, 2.05) is 0 Å². The highest BCUT2D eigenvalue weighted by Gasteiger charge is 2.19. The smallest absolute Gasteiger partial charge is 0.297 e. The largest absolute Gasteiger partial charge is 0.390 e. The van der Waals surface area contributed by atoms with E-state index in [2.05, 4.69) is 15.9 Å². The lowest BCUT2D eigenvalue weighted by atomic mass is 10.1. The molecule has 1 aromatic carbocycles. The van der Waals surface area contributed by atoms with Crippen molar-refractivity contribution in [3.8, 4) is 0 Å². The first-order chi connectivity index (χ1) is 8.65. The first kappa shape index (κ1) is 16.6. The summed E-state index contributed by atoms with van der Waals surface area (Å²) in [7, 11) is -4.00. The first-order valence-corrected chi connectivity index (χ1v) is 8.15. The monoisotopic (exact) mass is 354 g/mol. The Morgan fingerprint density at radius 2 is 2.05 bits per heavy atom. The molecule has 0 aliphatic rings. The van der Waals surface area contributed by atoms with Gasteiger partial charge in [0.2, 0.25) is 0 Å². The molecule has 0 bridgehead atoms. The zero-order valence-electron chi connectivity index (χ0n) is 10.7. The summed E-state index contributed by atoms with van der Waals surface area (Å²) in [5, 5.41) is 9.76. The lowest BCUT2D eigenvalue weighted by Crippen LogP contribution is -2.22. The van der Waals surface area contributed by atoms with E-state index in [0.717, 1.165) is 6.07 Å². The first-order valence-electron chi connectivity index (χ1n) is 5.62. The molecule has 7 heteroatoms. The zero-order valence-corrected chi connectivity index (χ0v) is 13.1. The molecule has 0 fully saturated rings. The lowest BCUT2D eigenvalue weighted by molar-refractivity contribution is 0.0564. The van der Waals surface area contributed by atoms with Gasteiger partial charge in [0.15, 0.2) is 0 Å². The molecule has 0 saturated heterocycles. The lowest BCUT2D eigenvalue weighted by Gasteiger charge is -2.16. The molecule has 0 aromatic heterocycles. The van der Waals surface area contributed by atoms with E-state index in [-0.39, 0.29) is 17.9 Å². The van der Waals surface area contributed by atoms with Crippen molar-refractivity contribution in [1.29, 1.82) is 0 Å². The van der Waals surface area contributed by atoms with Gasteiger partial charge in [-0.3, -0.25) is 4.18 Å². The summed E-state index contributed by atoms with van der Waals surface area (Å²) in [6, 6.07) is 3.60. The Bertz CT molecular complexity index is 537. The Morgan fingerprint density at radius 3 is 2.53 bits per heavy atom. The molecule has 0 aliphatic heterocycles. The van der Waals surface area contributed by atoms with Crippen LogP contribution in [0.2, 0.25) is 0 Å². The van der Waals surface area contributed by atoms with E-state index < -0.39 is 21.5 Å². The van der Waals surface area contributed by atoms with Gasteiger partial charge in [-0.2, -0.15) is 8.42 Å². The van der Waals surface area contributed by atoms with Gasteiger partial charge in [0.1, 0.15) is 5.82 Å². The average Bonchev–Trinajstić information content (AvgIpc) is 2.26. The molecule has 4 nitrogen and oxygen atoms in total. The van der Waals surface area contributed by atoms with Crippen LogP contribution >= 0.6 is 15.9 Å². The summed E-state index contributed by atoms with van der Waals surface area (Å²) in [6.45, 7) is 2.94. The molecule has 108 valence electrons. The van der Waals surface area contributed by atoms with Crippen LogP contribution in [0.25, 0.3) is 0 Å². The van der Waals surface area contributed by atoms with Crippen LogP contribution in [0.15, 0.2) is 23.1 Å². The topological polar surface area (TPSA) is 63.6 Å². The van der Waals surface area contributed by atoms with E-state index in [4.69, 9.17) is 4.18 Å². The average molecular weight is 355 g/mol. The van der Waals surface area contributed by atoms with Crippen molar-refractivity contribution >= 4 is 26.0 Å². The van der Waals surface area contributed by atoms with Crippen LogP contribution in [0.5, 0.6) is 0 Å². The third-order valence-corrected chi connectivity index (χ3v) is 4.32. The maximum Gasteiger partial charge on any atom is 0.297 e. The van der Waals surface area contributed by atoms with Crippen LogP contribution in [0.1, 0.15) is 25.8 Å². The Morgan fingerprint density at radius 1 is 1.42 bits per heavy atom. The molecular weight excluding hydrogens is 339 g/mol. The van der Waals surface area contributed by atoms with Crippen molar-refractivity contribution in [2.45, 2.75) is 36.1 Å². The molecule has 1 aromatic rings. The van der Waals surface area contributed by atoms with Crippen LogP contribution in [0.3, 0.4) is 0 Å².